The molecule has 1 aromatic carbocycles. The smallest absolute Gasteiger partial charge is 0.333 e. The number of carbonyl (C=O) groups excluding carboxylic acids is 1. The van der Waals surface area contributed by atoms with Gasteiger partial charge in [-0.15, -0.1) is 0 Å². The van der Waals surface area contributed by atoms with E-state index in [1.54, 1.807) is 36.7 Å². The Balaban J connectivity index is 1.68. The highest BCUT2D eigenvalue weighted by atomic mass is 31.2. The molecular weight excluding hydrogens is 457 g/mol. The minimum Gasteiger partial charge on any atom is -0.482 e. The maximum atomic E-state index is 13.6. The van der Waals surface area contributed by atoms with Crippen LogP contribution in [0, 0.1) is 0 Å². The molecule has 34 heavy (non-hydrogen) atoms. The number of hydrogen-bond donors (Lipinski definition) is 0. The van der Waals surface area contributed by atoms with Gasteiger partial charge in [-0.1, -0.05) is 30.3 Å². The zero-order chi connectivity index (χ0) is 24.5. The van der Waals surface area contributed by atoms with Crippen molar-refractivity contribution < 1.29 is 23.1 Å². The monoisotopic (exact) mass is 489 g/mol. The van der Waals surface area contributed by atoms with Crippen LogP contribution in [0.2, 0.25) is 0 Å². The van der Waals surface area contributed by atoms with E-state index in [0.29, 0.717) is 19.3 Å². The quantitative estimate of drug-likeness (QED) is 0.524. The van der Waals surface area contributed by atoms with Gasteiger partial charge in [0.15, 0.2) is 11.4 Å². The number of pyridine rings is 1. The summed E-state index contributed by atoms with van der Waals surface area (Å²) >= 11 is 0. The van der Waals surface area contributed by atoms with E-state index in [2.05, 4.69) is 0 Å². The van der Waals surface area contributed by atoms with Gasteiger partial charge in [0.25, 0.3) is 5.91 Å². The number of amides is 1. The van der Waals surface area contributed by atoms with Crippen LogP contribution < -0.4 is 15.2 Å². The normalized spacial score (nSPS) is 22.4. The third kappa shape index (κ3) is 4.06. The fourth-order valence-corrected chi connectivity index (χ4v) is 7.22. The number of ether oxygens (including phenoxy) is 1. The molecule has 1 aromatic heterocycles. The summed E-state index contributed by atoms with van der Waals surface area (Å²) in [6.45, 7) is 4.34. The van der Waals surface area contributed by atoms with Gasteiger partial charge in [-0.2, -0.15) is 0 Å². The third-order valence-corrected chi connectivity index (χ3v) is 9.40. The zero-order valence-corrected chi connectivity index (χ0v) is 21.0. The Labute approximate surface area is 199 Å². The van der Waals surface area contributed by atoms with E-state index in [1.807, 2.05) is 42.4 Å². The van der Waals surface area contributed by atoms with Crippen molar-refractivity contribution in [1.29, 1.82) is 0 Å². The van der Waals surface area contributed by atoms with E-state index in [-0.39, 0.29) is 48.3 Å². The van der Waals surface area contributed by atoms with E-state index in [0.717, 1.165) is 5.56 Å². The molecule has 0 radical (unpaired) electrons. The predicted molar refractivity (Wildman–Crippen MR) is 129 cm³/mol. The lowest BCUT2D eigenvalue weighted by Crippen LogP contribution is -2.67. The van der Waals surface area contributed by atoms with E-state index in [4.69, 9.17) is 13.8 Å². The highest BCUT2D eigenvalue weighted by Crippen LogP contribution is 2.61. The molecule has 2 heterocycles. The van der Waals surface area contributed by atoms with Crippen molar-refractivity contribution in [3.05, 3.63) is 64.1 Å². The Hall–Kier alpha value is -2.61. The van der Waals surface area contributed by atoms with Gasteiger partial charge in [-0.3, -0.25) is 23.8 Å². The molecule has 2 aromatic rings. The lowest BCUT2D eigenvalue weighted by atomic mass is 10.0. The number of rotatable bonds is 8. The predicted octanol–water partition coefficient (Wildman–Crippen LogP) is 3.60. The molecule has 184 valence electrons. The van der Waals surface area contributed by atoms with Crippen LogP contribution >= 0.6 is 7.60 Å². The second-order valence-electron chi connectivity index (χ2n) is 8.62. The molecule has 2 atom stereocenters. The Kier molecular flexibility index (Phi) is 6.90. The highest BCUT2D eigenvalue weighted by Gasteiger charge is 2.56. The average molecular weight is 490 g/mol. The van der Waals surface area contributed by atoms with Crippen LogP contribution in [0.5, 0.6) is 5.75 Å². The van der Waals surface area contributed by atoms with Gasteiger partial charge in [0.2, 0.25) is 5.43 Å². The number of nitrogens with zero attached hydrogens (tertiary/aromatic N) is 3. The Morgan fingerprint density at radius 3 is 2.38 bits per heavy atom. The first-order valence-corrected chi connectivity index (χ1v) is 13.2. The fourth-order valence-electron chi connectivity index (χ4n) is 5.04. The first-order chi connectivity index (χ1) is 16.3. The molecule has 1 fully saturated rings. The first-order valence-electron chi connectivity index (χ1n) is 11.6. The van der Waals surface area contributed by atoms with E-state index >= 15 is 0 Å². The Morgan fingerprint density at radius 1 is 1.06 bits per heavy atom. The van der Waals surface area contributed by atoms with Crippen molar-refractivity contribution in [3.63, 3.8) is 0 Å². The zero-order valence-electron chi connectivity index (χ0n) is 20.1. The van der Waals surface area contributed by atoms with Gasteiger partial charge < -0.3 is 18.7 Å². The summed E-state index contributed by atoms with van der Waals surface area (Å²) in [7, 11) is 0.258. The molecule has 0 saturated heterocycles. The summed E-state index contributed by atoms with van der Waals surface area (Å²) in [5, 5.41) is 1.93. The summed E-state index contributed by atoms with van der Waals surface area (Å²) in [5.74, 6) is -0.295. The van der Waals surface area contributed by atoms with Gasteiger partial charge in [0, 0.05) is 32.8 Å². The van der Waals surface area contributed by atoms with Crippen molar-refractivity contribution >= 4 is 13.5 Å². The van der Waals surface area contributed by atoms with Crippen LogP contribution in [0.25, 0.3) is 0 Å². The molecule has 1 aliphatic carbocycles. The molecule has 1 saturated carbocycles. The molecule has 0 N–H and O–H groups in total. The molecule has 1 amide bonds. The van der Waals surface area contributed by atoms with Crippen LogP contribution in [0.3, 0.4) is 0 Å². The van der Waals surface area contributed by atoms with Crippen LogP contribution in [-0.2, 0) is 20.2 Å². The van der Waals surface area contributed by atoms with E-state index in [9.17, 15) is 14.2 Å². The van der Waals surface area contributed by atoms with Crippen LogP contribution in [0.1, 0.15) is 49.2 Å². The highest BCUT2D eigenvalue weighted by molar-refractivity contribution is 7.54. The minimum atomic E-state index is -3.33. The van der Waals surface area contributed by atoms with Gasteiger partial charge in [0.05, 0.1) is 18.9 Å². The topological polar surface area (TPSA) is 90.3 Å². The van der Waals surface area contributed by atoms with Crippen molar-refractivity contribution in [2.45, 2.75) is 51.0 Å². The van der Waals surface area contributed by atoms with Crippen molar-refractivity contribution in [3.8, 4) is 5.75 Å². The van der Waals surface area contributed by atoms with Crippen LogP contribution in [0.4, 0.5) is 0 Å². The fraction of sp³-hybridized carbons (Fsp3) is 0.500. The molecule has 1 unspecified atom stereocenters. The Bertz CT molecular complexity index is 1140. The van der Waals surface area contributed by atoms with Crippen molar-refractivity contribution in [2.75, 3.05) is 32.3 Å². The largest absolute Gasteiger partial charge is 0.482 e. The average Bonchev–Trinajstić information content (AvgIpc) is 3.29. The number of fused-ring (bicyclic) bond motifs is 1. The Morgan fingerprint density at radius 2 is 1.74 bits per heavy atom. The summed E-state index contributed by atoms with van der Waals surface area (Å²) in [6, 6.07) is 10.9. The molecule has 9 nitrogen and oxygen atoms in total. The van der Waals surface area contributed by atoms with Gasteiger partial charge in [-0.25, -0.2) is 0 Å². The van der Waals surface area contributed by atoms with Crippen molar-refractivity contribution in [1.82, 2.24) is 9.58 Å². The SMILES string of the molecule is CCOP(=O)(OCC)[C@@H]1CCC2(C1)N(C)C(=O)c1c(OCc3ccccc3)c(=O)ccn1N2C. The first kappa shape index (κ1) is 24.5. The minimum absolute atomic E-state index is 0.0220. The summed E-state index contributed by atoms with van der Waals surface area (Å²) in [4.78, 5) is 28.0. The number of benzene rings is 1. The standard InChI is InChI=1S/C24H32N3O6P/c1-5-32-34(30,33-6-2)19-12-14-24(16-19)25(3)23(29)21-22(20(28)13-15-27(21)26(24)4)31-17-18-10-8-7-9-11-18/h7-11,13,15,19H,5-6,12,14,16-17H2,1-4H3/t19-,24?/m1/s1. The second-order valence-corrected chi connectivity index (χ2v) is 10.9. The second kappa shape index (κ2) is 9.56. The summed E-state index contributed by atoms with van der Waals surface area (Å²) < 4.78 is 32.2. The van der Waals surface area contributed by atoms with Gasteiger partial charge in [0.1, 0.15) is 12.3 Å². The van der Waals surface area contributed by atoms with Gasteiger partial charge >= 0.3 is 7.60 Å². The van der Waals surface area contributed by atoms with Crippen LogP contribution in [-0.4, -0.2) is 54.1 Å². The summed E-state index contributed by atoms with van der Waals surface area (Å²) in [5.41, 5.74) is -0.341. The number of carbonyl (C=O) groups is 1. The van der Waals surface area contributed by atoms with Gasteiger partial charge in [-0.05, 0) is 32.3 Å². The maximum absolute atomic E-state index is 13.6. The van der Waals surface area contributed by atoms with E-state index < -0.39 is 13.3 Å². The number of hydrogen-bond acceptors (Lipinski definition) is 7. The molecule has 0 bridgehead atoms. The van der Waals surface area contributed by atoms with E-state index in [1.165, 1.54) is 6.07 Å². The molecule has 2 aliphatic rings. The molecule has 4 rings (SSSR count). The molecular formula is C24H32N3O6P. The van der Waals surface area contributed by atoms with Crippen LogP contribution in [0.15, 0.2) is 47.4 Å². The summed E-state index contributed by atoms with van der Waals surface area (Å²) in [6.07, 6.45) is 3.20. The maximum Gasteiger partial charge on any atom is 0.333 e. The molecule has 1 spiro atoms. The lowest BCUT2D eigenvalue weighted by molar-refractivity contribution is 0.0399. The molecule has 10 heteroatoms. The lowest BCUT2D eigenvalue weighted by Gasteiger charge is -2.51. The van der Waals surface area contributed by atoms with Crippen molar-refractivity contribution in [2.24, 2.45) is 0 Å². The number of aromatic nitrogens is 1. The molecule has 1 aliphatic heterocycles. The third-order valence-electron chi connectivity index (χ3n) is 6.82.